The van der Waals surface area contributed by atoms with Crippen molar-refractivity contribution in [2.75, 3.05) is 56.4 Å². The third kappa shape index (κ3) is 8.91. The molecule has 2 N–H and O–H groups in total. The summed E-state index contributed by atoms with van der Waals surface area (Å²) in [6, 6.07) is 6.14. The van der Waals surface area contributed by atoms with E-state index in [1.165, 1.54) is 0 Å². The quantitative estimate of drug-likeness (QED) is 0.322. The number of anilines is 1. The molecule has 3 aromatic rings. The van der Waals surface area contributed by atoms with E-state index in [9.17, 15) is 39.9 Å². The Balaban J connectivity index is 1.23. The van der Waals surface area contributed by atoms with Crippen LogP contribution in [0.5, 0.6) is 5.75 Å². The summed E-state index contributed by atoms with van der Waals surface area (Å²) >= 11 is 1.58. The van der Waals surface area contributed by atoms with Crippen LogP contribution in [0.3, 0.4) is 0 Å². The summed E-state index contributed by atoms with van der Waals surface area (Å²) in [5, 5.41) is 11.4. The third-order valence-corrected chi connectivity index (χ3v) is 8.60. The van der Waals surface area contributed by atoms with Crippen molar-refractivity contribution in [1.82, 2.24) is 14.8 Å². The Labute approximate surface area is 236 Å². The Bertz CT molecular complexity index is 1420. The van der Waals surface area contributed by atoms with E-state index in [4.69, 9.17) is 4.74 Å². The number of halogens is 6. The summed E-state index contributed by atoms with van der Waals surface area (Å²) in [7, 11) is -4.24. The first-order chi connectivity index (χ1) is 19.1. The van der Waals surface area contributed by atoms with Gasteiger partial charge in [0.05, 0.1) is 32.1 Å². The maximum Gasteiger partial charge on any atom is 0.416 e. The molecular formula is C25H28F6N4O4S2. The van der Waals surface area contributed by atoms with Gasteiger partial charge < -0.3 is 9.84 Å². The Kier molecular flexibility index (Phi) is 9.38. The highest BCUT2D eigenvalue weighted by Crippen LogP contribution is 2.37. The van der Waals surface area contributed by atoms with Gasteiger partial charge in [0.2, 0.25) is 10.0 Å². The van der Waals surface area contributed by atoms with Gasteiger partial charge in [0.25, 0.3) is 0 Å². The molecule has 41 heavy (non-hydrogen) atoms. The molecule has 4 rings (SSSR count). The van der Waals surface area contributed by atoms with Crippen molar-refractivity contribution in [2.24, 2.45) is 0 Å². The number of nitrogens with zero attached hydrogens (tertiary/aromatic N) is 3. The molecule has 0 amide bonds. The van der Waals surface area contributed by atoms with Crippen LogP contribution >= 0.6 is 11.3 Å². The molecule has 1 aliphatic heterocycles. The lowest BCUT2D eigenvalue weighted by Crippen LogP contribution is -2.50. The fraction of sp³-hybridized carbons (Fsp3) is 0.480. The number of benzene rings is 2. The maximum atomic E-state index is 13.1. The van der Waals surface area contributed by atoms with E-state index in [-0.39, 0.29) is 19.2 Å². The van der Waals surface area contributed by atoms with Crippen molar-refractivity contribution in [3.63, 3.8) is 0 Å². The topological polar surface area (TPSA) is 95.0 Å². The van der Waals surface area contributed by atoms with Crippen molar-refractivity contribution in [3.8, 4) is 5.75 Å². The van der Waals surface area contributed by atoms with Crippen molar-refractivity contribution in [1.29, 1.82) is 0 Å². The Morgan fingerprint density at radius 1 is 1.00 bits per heavy atom. The number of hydrogen-bond donors (Lipinski definition) is 2. The zero-order valence-electron chi connectivity index (χ0n) is 21.8. The first-order valence-corrected chi connectivity index (χ1v) is 15.0. The van der Waals surface area contributed by atoms with E-state index in [0.717, 1.165) is 15.2 Å². The Hall–Kier alpha value is -2.66. The minimum atomic E-state index is -5.09. The van der Waals surface area contributed by atoms with E-state index in [0.29, 0.717) is 50.6 Å². The summed E-state index contributed by atoms with van der Waals surface area (Å²) in [6.45, 7) is 4.33. The van der Waals surface area contributed by atoms with Gasteiger partial charge in [-0.05, 0) is 37.3 Å². The van der Waals surface area contributed by atoms with Crippen molar-refractivity contribution in [3.05, 3.63) is 52.5 Å². The van der Waals surface area contributed by atoms with Crippen molar-refractivity contribution < 1.29 is 44.6 Å². The van der Waals surface area contributed by atoms with Gasteiger partial charge in [-0.15, -0.1) is 11.3 Å². The highest BCUT2D eigenvalue weighted by Gasteiger charge is 2.37. The zero-order chi connectivity index (χ0) is 30.0. The number of alkyl halides is 6. The molecule has 1 unspecified atom stereocenters. The number of rotatable bonds is 10. The molecule has 0 aliphatic carbocycles. The first-order valence-electron chi connectivity index (χ1n) is 12.5. The van der Waals surface area contributed by atoms with E-state index >= 15 is 0 Å². The van der Waals surface area contributed by atoms with Crippen LogP contribution in [-0.2, 0) is 22.4 Å². The minimum absolute atomic E-state index is 0.0263. The second kappa shape index (κ2) is 12.3. The third-order valence-electron chi connectivity index (χ3n) is 6.38. The second-order valence-electron chi connectivity index (χ2n) is 9.68. The Morgan fingerprint density at radius 3 is 2.22 bits per heavy atom. The molecule has 2 heterocycles. The van der Waals surface area contributed by atoms with Crippen molar-refractivity contribution >= 4 is 37.3 Å². The second-order valence-corrected chi connectivity index (χ2v) is 12.8. The SMILES string of the molecule is Cc1nc2cc(OCC(O)CN3CCN(CCS(=O)(=O)Nc4cc(C(F)(F)F)cc(C(F)(F)F)c4)CC3)ccc2s1. The molecule has 226 valence electrons. The summed E-state index contributed by atoms with van der Waals surface area (Å²) in [4.78, 5) is 8.22. The summed E-state index contributed by atoms with van der Waals surface area (Å²) < 4.78 is 112. The van der Waals surface area contributed by atoms with Crippen LogP contribution in [0.15, 0.2) is 36.4 Å². The van der Waals surface area contributed by atoms with Crippen LogP contribution in [0.25, 0.3) is 10.2 Å². The predicted octanol–water partition coefficient (Wildman–Crippen LogP) is 4.44. The molecule has 0 spiro atoms. The number of thiazole rings is 1. The van der Waals surface area contributed by atoms with Crippen LogP contribution < -0.4 is 9.46 Å². The standard InChI is InChI=1S/C25H28F6N4O4S2/c1-16-32-22-13-21(2-3-23(22)40-16)39-15-20(36)14-35-6-4-34(5-7-35)8-9-41(37,38)33-19-11-17(24(26,27)28)10-18(12-19)25(29,30)31/h2-3,10-13,20,33,36H,4-9,14-15H2,1H3. The van der Waals surface area contributed by atoms with Crippen molar-refractivity contribution in [2.45, 2.75) is 25.4 Å². The molecule has 1 fully saturated rings. The lowest BCUT2D eigenvalue weighted by Gasteiger charge is -2.35. The lowest BCUT2D eigenvalue weighted by atomic mass is 10.1. The number of piperazine rings is 1. The number of β-amino-alcohol motifs (C(OH)–C–C–N with tert-alkyl or cyclic N) is 1. The number of aromatic nitrogens is 1. The van der Waals surface area contributed by atoms with E-state index in [1.54, 1.807) is 11.3 Å². The number of aryl methyl sites for hydroxylation is 1. The summed E-state index contributed by atoms with van der Waals surface area (Å²) in [5.74, 6) is 0.0745. The van der Waals surface area contributed by atoms with E-state index < -0.39 is 51.0 Å². The minimum Gasteiger partial charge on any atom is -0.491 e. The molecule has 0 bridgehead atoms. The first kappa shape index (κ1) is 31.3. The maximum absolute atomic E-state index is 13.1. The number of aliphatic hydroxyl groups is 1. The van der Waals surface area contributed by atoms with Crippen LogP contribution in [0.2, 0.25) is 0 Å². The number of nitrogens with one attached hydrogen (secondary N) is 1. The van der Waals surface area contributed by atoms with Crippen LogP contribution in [0, 0.1) is 6.92 Å². The highest BCUT2D eigenvalue weighted by molar-refractivity contribution is 7.92. The van der Waals surface area contributed by atoms with Gasteiger partial charge in [-0.25, -0.2) is 13.4 Å². The molecule has 1 atom stereocenters. The normalized spacial score (nSPS) is 16.7. The van der Waals surface area contributed by atoms with Gasteiger partial charge in [0.1, 0.15) is 18.5 Å². The summed E-state index contributed by atoms with van der Waals surface area (Å²) in [5.41, 5.74) is -3.20. The number of fused-ring (bicyclic) bond motifs is 1. The number of aliphatic hydroxyl groups excluding tert-OH is 1. The molecule has 1 saturated heterocycles. The molecule has 1 aliphatic rings. The van der Waals surface area contributed by atoms with Gasteiger partial charge in [0, 0.05) is 51.0 Å². The van der Waals surface area contributed by atoms with Crippen LogP contribution in [-0.4, -0.2) is 86.0 Å². The smallest absolute Gasteiger partial charge is 0.416 e. The van der Waals surface area contributed by atoms with Gasteiger partial charge in [0.15, 0.2) is 0 Å². The fourth-order valence-electron chi connectivity index (χ4n) is 4.34. The number of sulfonamides is 1. The molecular weight excluding hydrogens is 598 g/mol. The van der Waals surface area contributed by atoms with Crippen LogP contribution in [0.1, 0.15) is 16.1 Å². The molecule has 0 radical (unpaired) electrons. The summed E-state index contributed by atoms with van der Waals surface area (Å²) in [6.07, 6.45) is -10.9. The van der Waals surface area contributed by atoms with Gasteiger partial charge >= 0.3 is 12.4 Å². The number of ether oxygens (including phenoxy) is 1. The van der Waals surface area contributed by atoms with E-state index in [1.807, 2.05) is 39.6 Å². The molecule has 16 heteroatoms. The van der Waals surface area contributed by atoms with Crippen LogP contribution in [0.4, 0.5) is 32.0 Å². The molecule has 8 nitrogen and oxygen atoms in total. The van der Waals surface area contributed by atoms with Gasteiger partial charge in [-0.2, -0.15) is 26.3 Å². The molecule has 1 aromatic heterocycles. The van der Waals surface area contributed by atoms with E-state index in [2.05, 4.69) is 4.98 Å². The Morgan fingerprint density at radius 2 is 1.61 bits per heavy atom. The van der Waals surface area contributed by atoms with Gasteiger partial charge in [-0.1, -0.05) is 0 Å². The zero-order valence-corrected chi connectivity index (χ0v) is 23.4. The predicted molar refractivity (Wildman–Crippen MR) is 143 cm³/mol. The average Bonchev–Trinajstić information content (AvgIpc) is 3.25. The monoisotopic (exact) mass is 626 g/mol. The molecule has 0 saturated carbocycles. The largest absolute Gasteiger partial charge is 0.491 e. The average molecular weight is 627 g/mol. The molecule has 2 aromatic carbocycles. The van der Waals surface area contributed by atoms with Gasteiger partial charge in [-0.3, -0.25) is 14.5 Å². The fourth-order valence-corrected chi connectivity index (χ4v) is 6.23. The lowest BCUT2D eigenvalue weighted by molar-refractivity contribution is -0.143. The number of hydrogen-bond acceptors (Lipinski definition) is 8. The highest BCUT2D eigenvalue weighted by atomic mass is 32.2.